The topological polar surface area (TPSA) is 62.6 Å². The molecule has 0 saturated carbocycles. The fourth-order valence-corrected chi connectivity index (χ4v) is 4.80. The summed E-state index contributed by atoms with van der Waals surface area (Å²) >= 11 is 9.88. The van der Waals surface area contributed by atoms with Crippen LogP contribution in [0.15, 0.2) is 58.1 Å². The Hall–Kier alpha value is -1.96. The van der Waals surface area contributed by atoms with Crippen molar-refractivity contribution in [3.63, 3.8) is 0 Å². The lowest BCUT2D eigenvalue weighted by molar-refractivity contribution is 0.374. The van der Waals surface area contributed by atoms with Gasteiger partial charge in [-0.1, -0.05) is 51.3 Å². The number of nitrogens with zero attached hydrogens (tertiary/aromatic N) is 3. The summed E-state index contributed by atoms with van der Waals surface area (Å²) in [6.45, 7) is 2.00. The van der Waals surface area contributed by atoms with Crippen molar-refractivity contribution in [1.29, 1.82) is 0 Å². The molecule has 0 radical (unpaired) electrons. The number of hydrazone groups is 1. The van der Waals surface area contributed by atoms with Gasteiger partial charge in [0.25, 0.3) is 0 Å². The monoisotopic (exact) mass is 477 g/mol. The minimum atomic E-state index is -3.58. The molecule has 144 valence electrons. The normalized spacial score (nSPS) is 17.2. The maximum Gasteiger partial charge on any atom is 0.247 e. The van der Waals surface area contributed by atoms with Gasteiger partial charge in [-0.3, -0.25) is 0 Å². The number of sulfonamides is 1. The summed E-state index contributed by atoms with van der Waals surface area (Å²) in [7, 11) is -3.58. The van der Waals surface area contributed by atoms with Crippen molar-refractivity contribution < 1.29 is 8.42 Å². The molecule has 2 heterocycles. The van der Waals surface area contributed by atoms with Crippen LogP contribution in [0.3, 0.4) is 0 Å². The number of hydrogen-bond donors (Lipinski definition) is 0. The Kier molecular flexibility index (Phi) is 4.93. The number of hydrogen-bond acceptors (Lipinski definition) is 4. The third kappa shape index (κ3) is 3.66. The molecule has 0 fully saturated rings. The molecule has 1 aromatic heterocycles. The molecule has 5 nitrogen and oxygen atoms in total. The second kappa shape index (κ2) is 7.13. The van der Waals surface area contributed by atoms with E-state index in [1.165, 1.54) is 0 Å². The molecule has 2 aromatic carbocycles. The average Bonchev–Trinajstić information content (AvgIpc) is 3.07. The van der Waals surface area contributed by atoms with E-state index in [0.717, 1.165) is 37.2 Å². The van der Waals surface area contributed by atoms with Gasteiger partial charge in [0.1, 0.15) is 5.15 Å². The van der Waals surface area contributed by atoms with Gasteiger partial charge in [0.15, 0.2) is 0 Å². The smallest absolute Gasteiger partial charge is 0.236 e. The maximum absolute atomic E-state index is 12.4. The van der Waals surface area contributed by atoms with Crippen LogP contribution in [0.5, 0.6) is 0 Å². The van der Waals surface area contributed by atoms with Crippen molar-refractivity contribution in [1.82, 2.24) is 9.40 Å². The highest BCUT2D eigenvalue weighted by Gasteiger charge is 2.36. The van der Waals surface area contributed by atoms with Gasteiger partial charge in [0.05, 0.1) is 23.5 Å². The number of pyridine rings is 1. The van der Waals surface area contributed by atoms with E-state index in [0.29, 0.717) is 22.8 Å². The lowest BCUT2D eigenvalue weighted by atomic mass is 9.99. The first-order chi connectivity index (χ1) is 13.2. The summed E-state index contributed by atoms with van der Waals surface area (Å²) < 4.78 is 26.9. The lowest BCUT2D eigenvalue weighted by Gasteiger charge is -2.22. The van der Waals surface area contributed by atoms with Gasteiger partial charge in [-0.05, 0) is 42.8 Å². The van der Waals surface area contributed by atoms with E-state index in [1.54, 1.807) is 0 Å². The molecule has 1 atom stereocenters. The zero-order valence-corrected chi connectivity index (χ0v) is 18.4. The predicted octanol–water partition coefficient (Wildman–Crippen LogP) is 5.07. The van der Waals surface area contributed by atoms with Crippen LogP contribution >= 0.6 is 27.5 Å². The van der Waals surface area contributed by atoms with Crippen LogP contribution in [-0.4, -0.2) is 29.8 Å². The Bertz CT molecular complexity index is 1210. The third-order valence-electron chi connectivity index (χ3n) is 4.70. The van der Waals surface area contributed by atoms with Gasteiger partial charge in [-0.2, -0.15) is 9.52 Å². The van der Waals surface area contributed by atoms with Gasteiger partial charge in [0, 0.05) is 21.8 Å². The summed E-state index contributed by atoms with van der Waals surface area (Å²) in [6, 6.07) is 14.9. The number of aryl methyl sites for hydroxylation is 1. The van der Waals surface area contributed by atoms with Crippen LogP contribution in [0, 0.1) is 6.92 Å². The van der Waals surface area contributed by atoms with E-state index >= 15 is 0 Å². The molecule has 0 bridgehead atoms. The molecule has 0 amide bonds. The number of halogens is 2. The van der Waals surface area contributed by atoms with Gasteiger partial charge in [-0.25, -0.2) is 13.4 Å². The van der Waals surface area contributed by atoms with Crippen molar-refractivity contribution in [3.05, 3.63) is 74.8 Å². The van der Waals surface area contributed by atoms with E-state index in [4.69, 9.17) is 11.6 Å². The fourth-order valence-electron chi connectivity index (χ4n) is 3.37. The van der Waals surface area contributed by atoms with Crippen LogP contribution < -0.4 is 0 Å². The van der Waals surface area contributed by atoms with E-state index in [1.807, 2.05) is 55.5 Å². The molecule has 0 N–H and O–H groups in total. The zero-order valence-electron chi connectivity index (χ0n) is 15.2. The van der Waals surface area contributed by atoms with E-state index in [-0.39, 0.29) is 0 Å². The van der Waals surface area contributed by atoms with E-state index < -0.39 is 16.1 Å². The lowest BCUT2D eigenvalue weighted by Crippen LogP contribution is -2.26. The highest BCUT2D eigenvalue weighted by molar-refractivity contribution is 9.10. The Morgan fingerprint density at radius 1 is 1.14 bits per heavy atom. The molecule has 1 aliphatic heterocycles. The second-order valence-electron chi connectivity index (χ2n) is 6.87. The molecule has 1 aliphatic rings. The van der Waals surface area contributed by atoms with Crippen LogP contribution in [0.4, 0.5) is 0 Å². The summed E-state index contributed by atoms with van der Waals surface area (Å²) in [4.78, 5) is 4.47. The van der Waals surface area contributed by atoms with Crippen LogP contribution in [0.2, 0.25) is 5.15 Å². The highest BCUT2D eigenvalue weighted by Crippen LogP contribution is 2.38. The van der Waals surface area contributed by atoms with E-state index in [9.17, 15) is 8.42 Å². The van der Waals surface area contributed by atoms with Crippen LogP contribution in [-0.2, 0) is 10.0 Å². The third-order valence-corrected chi connectivity index (χ3v) is 6.55. The zero-order chi connectivity index (χ0) is 20.1. The van der Waals surface area contributed by atoms with Crippen molar-refractivity contribution in [2.45, 2.75) is 19.4 Å². The molecule has 8 heteroatoms. The van der Waals surface area contributed by atoms with Gasteiger partial charge < -0.3 is 0 Å². The molecule has 28 heavy (non-hydrogen) atoms. The Morgan fingerprint density at radius 2 is 1.86 bits per heavy atom. The summed E-state index contributed by atoms with van der Waals surface area (Å²) in [5.74, 6) is 0. The average molecular weight is 479 g/mol. The molecular formula is C20H17BrClN3O2S. The Morgan fingerprint density at radius 3 is 2.54 bits per heavy atom. The van der Waals surface area contributed by atoms with E-state index in [2.05, 4.69) is 26.0 Å². The van der Waals surface area contributed by atoms with Crippen molar-refractivity contribution in [2.24, 2.45) is 5.10 Å². The number of benzene rings is 2. The molecule has 0 saturated heterocycles. The summed E-state index contributed by atoms with van der Waals surface area (Å²) in [5, 5.41) is 5.63. The van der Waals surface area contributed by atoms with Crippen molar-refractivity contribution >= 4 is 54.2 Å². The minimum Gasteiger partial charge on any atom is -0.236 e. The second-order valence-corrected chi connectivity index (χ2v) is 9.99. The molecule has 0 unspecified atom stereocenters. The number of fused-ring (bicyclic) bond motifs is 1. The highest BCUT2D eigenvalue weighted by atomic mass is 79.9. The Labute approximate surface area is 177 Å². The first-order valence-electron chi connectivity index (χ1n) is 8.62. The first-order valence-corrected chi connectivity index (χ1v) is 11.6. The summed E-state index contributed by atoms with van der Waals surface area (Å²) in [6.07, 6.45) is 1.58. The Balaban J connectivity index is 1.81. The molecule has 0 aliphatic carbocycles. The van der Waals surface area contributed by atoms with Crippen molar-refractivity contribution in [3.8, 4) is 0 Å². The SMILES string of the molecule is Cc1ccc2nc(Cl)c([C@@H]3CC(c4ccc(Br)cc4)=NN3S(C)(=O)=O)cc2c1. The fraction of sp³-hybridized carbons (Fsp3) is 0.200. The largest absolute Gasteiger partial charge is 0.247 e. The molecular weight excluding hydrogens is 462 g/mol. The standard InChI is InChI=1S/C20H17BrClN3O2S/c1-12-3-8-17-14(9-12)10-16(20(22)23-17)19-11-18(24-25(19)28(2,26)27)13-4-6-15(21)7-5-13/h3-10,19H,11H2,1-2H3/t19-/m0/s1. The van der Waals surface area contributed by atoms with Gasteiger partial charge in [-0.15, -0.1) is 0 Å². The first kappa shape index (κ1) is 19.4. The molecule has 3 aromatic rings. The number of aromatic nitrogens is 1. The predicted molar refractivity (Wildman–Crippen MR) is 116 cm³/mol. The van der Waals surface area contributed by atoms with Crippen LogP contribution in [0.1, 0.15) is 29.2 Å². The molecule has 0 spiro atoms. The van der Waals surface area contributed by atoms with Crippen molar-refractivity contribution in [2.75, 3.05) is 6.26 Å². The van der Waals surface area contributed by atoms with Gasteiger partial charge >= 0.3 is 0 Å². The maximum atomic E-state index is 12.4. The number of rotatable bonds is 3. The summed E-state index contributed by atoms with van der Waals surface area (Å²) in [5.41, 5.74) is 4.10. The molecule has 4 rings (SSSR count). The quantitative estimate of drug-likeness (QED) is 0.494. The minimum absolute atomic E-state index is 0.294. The van der Waals surface area contributed by atoms with Gasteiger partial charge in [0.2, 0.25) is 10.0 Å². The van der Waals surface area contributed by atoms with Crippen LogP contribution in [0.25, 0.3) is 10.9 Å².